The normalized spacial score (nSPS) is 11.3. The molecule has 188 valence electrons. The summed E-state index contributed by atoms with van der Waals surface area (Å²) in [5.74, 6) is -0.995. The first-order valence-electron chi connectivity index (χ1n) is 13.3. The van der Waals surface area contributed by atoms with Crippen LogP contribution in [0.4, 0.5) is 0 Å². The Morgan fingerprint density at radius 1 is 0.613 bits per heavy atom. The van der Waals surface area contributed by atoms with Crippen molar-refractivity contribution in [2.75, 3.05) is 26.8 Å². The van der Waals surface area contributed by atoms with Gasteiger partial charge in [-0.3, -0.25) is 0 Å². The van der Waals surface area contributed by atoms with Crippen molar-refractivity contribution in [1.82, 2.24) is 0 Å². The lowest BCUT2D eigenvalue weighted by Gasteiger charge is -2.27. The summed E-state index contributed by atoms with van der Waals surface area (Å²) in [4.78, 5) is 21.6. The molecule has 0 amide bonds. The number of carbonyl (C=O) groups is 1. The number of quaternary nitrogens is 1. The Morgan fingerprint density at radius 2 is 0.903 bits per heavy atom. The van der Waals surface area contributed by atoms with E-state index in [0.717, 1.165) is 32.6 Å². The number of rotatable bonds is 22. The molecule has 0 fully saturated rings. The Hall–Kier alpha value is -0.650. The molecular formula is C26H55NO4. The molecule has 0 aromatic carbocycles. The maximum atomic E-state index is 9.26. The van der Waals surface area contributed by atoms with Crippen molar-refractivity contribution in [3.8, 4) is 0 Å². The van der Waals surface area contributed by atoms with E-state index >= 15 is 0 Å². The van der Waals surface area contributed by atoms with Gasteiger partial charge in [0.25, 0.3) is 0 Å². The molecule has 0 aromatic heterocycles. The third-order valence-corrected chi connectivity index (χ3v) is 5.59. The lowest BCUT2D eigenvalue weighted by molar-refractivity contribution is -1.23. The van der Waals surface area contributed by atoms with Crippen molar-refractivity contribution < 1.29 is 24.4 Å². The van der Waals surface area contributed by atoms with Crippen LogP contribution >= 0.6 is 0 Å². The number of nitrogens with zero attached hydrogens (tertiary/aromatic N) is 1. The van der Waals surface area contributed by atoms with Gasteiger partial charge in [0, 0.05) is 5.97 Å². The molecule has 0 bridgehead atoms. The van der Waals surface area contributed by atoms with Crippen molar-refractivity contribution in [3.05, 3.63) is 0 Å². The Bertz CT molecular complexity index is 341. The highest BCUT2D eigenvalue weighted by Gasteiger charge is 2.22. The molecule has 5 nitrogen and oxygen atoms in total. The van der Waals surface area contributed by atoms with Crippen LogP contribution < -0.4 is 5.11 Å². The van der Waals surface area contributed by atoms with Crippen molar-refractivity contribution in [3.63, 3.8) is 0 Å². The molecule has 0 rings (SSSR count). The summed E-state index contributed by atoms with van der Waals surface area (Å²) < 4.78 is 0. The molecule has 0 radical (unpaired) electrons. The standard InChI is InChI=1S/C23H50NO2.C3H6O2/c1-5-8-10-12-14-16-18-20-22-25-24(4,7-3)26-23-21-19-17-15-13-11-9-6-2;1-2-3(4)5/h5-23H2,1-4H3;2H2,1H3,(H,4,5)/q+1;/p-1. The van der Waals surface area contributed by atoms with Gasteiger partial charge in [-0.05, 0) is 31.0 Å². The number of hydrogen-bond acceptors (Lipinski definition) is 4. The molecule has 0 saturated heterocycles. The molecule has 0 spiro atoms. The van der Waals surface area contributed by atoms with E-state index in [4.69, 9.17) is 9.68 Å². The predicted molar refractivity (Wildman–Crippen MR) is 129 cm³/mol. The Kier molecular flexibility index (Phi) is 26.9. The van der Waals surface area contributed by atoms with E-state index in [1.54, 1.807) is 0 Å². The molecule has 0 atom stereocenters. The molecule has 0 aromatic rings. The molecule has 0 aliphatic rings. The summed E-state index contributed by atoms with van der Waals surface area (Å²) in [6.45, 7) is 10.7. The molecule has 0 saturated carbocycles. The first-order valence-corrected chi connectivity index (χ1v) is 13.3. The Morgan fingerprint density at radius 3 is 1.16 bits per heavy atom. The maximum absolute atomic E-state index is 9.26. The van der Waals surface area contributed by atoms with Crippen LogP contribution in [-0.2, 0) is 14.5 Å². The first-order chi connectivity index (χ1) is 15.0. The highest BCUT2D eigenvalue weighted by Crippen LogP contribution is 2.13. The summed E-state index contributed by atoms with van der Waals surface area (Å²) in [7, 11) is 2.05. The van der Waals surface area contributed by atoms with Gasteiger partial charge in [-0.15, -0.1) is 0 Å². The van der Waals surface area contributed by atoms with Gasteiger partial charge in [-0.2, -0.15) is 9.68 Å². The minimum absolute atomic E-state index is 0.111. The zero-order valence-electron chi connectivity index (χ0n) is 21.7. The number of unbranched alkanes of at least 4 members (excludes halogenated alkanes) is 14. The highest BCUT2D eigenvalue weighted by molar-refractivity contribution is 5.63. The minimum atomic E-state index is -0.995. The summed E-state index contributed by atoms with van der Waals surface area (Å²) in [5.41, 5.74) is 0. The predicted octanol–water partition coefficient (Wildman–Crippen LogP) is 6.74. The second-order valence-corrected chi connectivity index (χ2v) is 8.67. The highest BCUT2D eigenvalue weighted by atomic mass is 17.0. The average Bonchev–Trinajstić information content (AvgIpc) is 2.77. The van der Waals surface area contributed by atoms with E-state index in [9.17, 15) is 9.90 Å². The Balaban J connectivity index is 0. The van der Waals surface area contributed by atoms with Crippen molar-refractivity contribution in [2.45, 2.75) is 137 Å². The van der Waals surface area contributed by atoms with E-state index in [2.05, 4.69) is 27.8 Å². The maximum Gasteiger partial charge on any atom is 0.139 e. The van der Waals surface area contributed by atoms with Gasteiger partial charge in [0.1, 0.15) is 26.8 Å². The van der Waals surface area contributed by atoms with Gasteiger partial charge >= 0.3 is 0 Å². The van der Waals surface area contributed by atoms with Crippen LogP contribution in [0, 0.1) is 0 Å². The van der Waals surface area contributed by atoms with E-state index in [1.807, 2.05) is 0 Å². The van der Waals surface area contributed by atoms with Crippen molar-refractivity contribution >= 4 is 5.97 Å². The van der Waals surface area contributed by atoms with Gasteiger partial charge in [-0.25, -0.2) is 0 Å². The number of hydroxylamine groups is 4. The third kappa shape index (κ3) is 27.3. The molecule has 0 heterocycles. The topological polar surface area (TPSA) is 58.6 Å². The number of carboxylic acid groups (broad SMARTS) is 1. The summed E-state index contributed by atoms with van der Waals surface area (Å²) in [5, 5.41) is 9.26. The van der Waals surface area contributed by atoms with E-state index in [0.29, 0.717) is 4.81 Å². The summed E-state index contributed by atoms with van der Waals surface area (Å²) >= 11 is 0. The molecule has 0 N–H and O–H groups in total. The monoisotopic (exact) mass is 445 g/mol. The smallest absolute Gasteiger partial charge is 0.139 e. The van der Waals surface area contributed by atoms with Crippen LogP contribution in [-0.4, -0.2) is 37.6 Å². The van der Waals surface area contributed by atoms with Crippen LogP contribution in [0.15, 0.2) is 0 Å². The van der Waals surface area contributed by atoms with Crippen LogP contribution in [0.2, 0.25) is 0 Å². The molecule has 0 unspecified atom stereocenters. The number of carboxylic acids is 1. The fraction of sp³-hybridized carbons (Fsp3) is 0.962. The van der Waals surface area contributed by atoms with Crippen LogP contribution in [0.1, 0.15) is 137 Å². The van der Waals surface area contributed by atoms with Crippen molar-refractivity contribution in [2.24, 2.45) is 0 Å². The van der Waals surface area contributed by atoms with Gasteiger partial charge in [0.05, 0.1) is 0 Å². The zero-order valence-corrected chi connectivity index (χ0v) is 21.7. The zero-order chi connectivity index (χ0) is 23.6. The van der Waals surface area contributed by atoms with Gasteiger partial charge < -0.3 is 9.90 Å². The van der Waals surface area contributed by atoms with Crippen LogP contribution in [0.25, 0.3) is 0 Å². The van der Waals surface area contributed by atoms with Gasteiger partial charge in [0.15, 0.2) is 0 Å². The minimum Gasteiger partial charge on any atom is -0.550 e. The quantitative estimate of drug-likeness (QED) is 0.105. The first kappa shape index (κ1) is 32.5. The summed E-state index contributed by atoms with van der Waals surface area (Å²) in [6, 6.07) is 0. The fourth-order valence-electron chi connectivity index (χ4n) is 3.21. The number of carbonyl (C=O) groups excluding carboxylic acids is 1. The van der Waals surface area contributed by atoms with Crippen molar-refractivity contribution in [1.29, 1.82) is 0 Å². The van der Waals surface area contributed by atoms with Gasteiger partial charge in [-0.1, -0.05) is 111 Å². The molecular weight excluding hydrogens is 390 g/mol. The van der Waals surface area contributed by atoms with E-state index < -0.39 is 5.97 Å². The largest absolute Gasteiger partial charge is 0.550 e. The SMILES string of the molecule is CCC(=O)[O-].CCCCCCCCCCO[N+](C)(CC)OCCCCCCCCCC. The lowest BCUT2D eigenvalue weighted by atomic mass is 10.1. The molecule has 5 heteroatoms. The number of aliphatic carboxylic acids is 1. The van der Waals surface area contributed by atoms with E-state index in [1.165, 1.54) is 96.8 Å². The molecule has 31 heavy (non-hydrogen) atoms. The van der Waals surface area contributed by atoms with Crippen LogP contribution in [0.5, 0.6) is 0 Å². The van der Waals surface area contributed by atoms with E-state index in [-0.39, 0.29) is 6.42 Å². The second kappa shape index (κ2) is 25.6. The third-order valence-electron chi connectivity index (χ3n) is 5.59. The molecule has 0 aliphatic carbocycles. The summed E-state index contributed by atoms with van der Waals surface area (Å²) in [6.07, 6.45) is 21.5. The van der Waals surface area contributed by atoms with Crippen LogP contribution in [0.3, 0.4) is 0 Å². The average molecular weight is 446 g/mol. The Labute approximate surface area is 194 Å². The second-order valence-electron chi connectivity index (χ2n) is 8.67. The van der Waals surface area contributed by atoms with Gasteiger partial charge in [0.2, 0.25) is 0 Å². The molecule has 0 aliphatic heterocycles. The fourth-order valence-corrected chi connectivity index (χ4v) is 3.21. The number of hydrogen-bond donors (Lipinski definition) is 0. The lowest BCUT2D eigenvalue weighted by Crippen LogP contribution is -2.44.